The fourth-order valence-electron chi connectivity index (χ4n) is 3.09. The predicted molar refractivity (Wildman–Crippen MR) is 109 cm³/mol. The van der Waals surface area contributed by atoms with Gasteiger partial charge in [0.25, 0.3) is 5.91 Å². The molecule has 3 heterocycles. The van der Waals surface area contributed by atoms with Gasteiger partial charge in [0, 0.05) is 43.7 Å². The van der Waals surface area contributed by atoms with Gasteiger partial charge in [0.15, 0.2) is 5.13 Å². The average molecular weight is 453 g/mol. The Morgan fingerprint density at radius 3 is 2.89 bits per heavy atom. The highest BCUT2D eigenvalue weighted by molar-refractivity contribution is 9.10. The standard InChI is InChI=1S/C18H21BrN4O3S/c19-13-1-2-14-16(11-13)27-18(21-14)23-7-5-22(6-8-23)4-3-20-17(24)15-12-25-9-10-26-15/h1-2,11-12H,3-10H2,(H,20,24). The maximum Gasteiger partial charge on any atom is 0.289 e. The summed E-state index contributed by atoms with van der Waals surface area (Å²) in [5, 5.41) is 3.96. The summed E-state index contributed by atoms with van der Waals surface area (Å²) in [5.41, 5.74) is 1.05. The number of fused-ring (bicyclic) bond motifs is 1. The van der Waals surface area contributed by atoms with Crippen molar-refractivity contribution < 1.29 is 14.3 Å². The molecule has 2 aliphatic heterocycles. The summed E-state index contributed by atoms with van der Waals surface area (Å²) < 4.78 is 12.7. The zero-order valence-electron chi connectivity index (χ0n) is 14.8. The van der Waals surface area contributed by atoms with Crippen LogP contribution in [-0.4, -0.2) is 68.3 Å². The number of ether oxygens (including phenoxy) is 2. The molecule has 0 radical (unpaired) electrons. The van der Waals surface area contributed by atoms with Crippen molar-refractivity contribution >= 4 is 48.5 Å². The summed E-state index contributed by atoms with van der Waals surface area (Å²) in [7, 11) is 0. The molecule has 27 heavy (non-hydrogen) atoms. The quantitative estimate of drug-likeness (QED) is 0.749. The lowest BCUT2D eigenvalue weighted by atomic mass is 10.3. The number of amides is 1. The number of thiazole rings is 1. The van der Waals surface area contributed by atoms with Crippen LogP contribution in [0.1, 0.15) is 0 Å². The molecule has 7 nitrogen and oxygen atoms in total. The van der Waals surface area contributed by atoms with Crippen LogP contribution in [0, 0.1) is 0 Å². The van der Waals surface area contributed by atoms with E-state index in [2.05, 4.69) is 43.2 Å². The van der Waals surface area contributed by atoms with Crippen LogP contribution in [0.5, 0.6) is 0 Å². The number of carbonyl (C=O) groups is 1. The molecule has 1 aromatic carbocycles. The number of hydrogen-bond donors (Lipinski definition) is 1. The number of anilines is 1. The lowest BCUT2D eigenvalue weighted by molar-refractivity contribution is -0.122. The van der Waals surface area contributed by atoms with Crippen LogP contribution in [0.4, 0.5) is 5.13 Å². The molecule has 2 aromatic rings. The minimum Gasteiger partial charge on any atom is -0.494 e. The number of benzene rings is 1. The van der Waals surface area contributed by atoms with E-state index in [0.29, 0.717) is 19.8 Å². The van der Waals surface area contributed by atoms with Gasteiger partial charge in [0.1, 0.15) is 19.5 Å². The van der Waals surface area contributed by atoms with Gasteiger partial charge in [-0.3, -0.25) is 9.69 Å². The second-order valence-electron chi connectivity index (χ2n) is 6.39. The Hall–Kier alpha value is -1.84. The number of hydrogen-bond acceptors (Lipinski definition) is 7. The van der Waals surface area contributed by atoms with Gasteiger partial charge in [-0.15, -0.1) is 0 Å². The van der Waals surface area contributed by atoms with E-state index in [0.717, 1.165) is 47.8 Å². The van der Waals surface area contributed by atoms with Crippen molar-refractivity contribution in [2.75, 3.05) is 57.4 Å². The van der Waals surface area contributed by atoms with Crippen LogP contribution in [0.2, 0.25) is 0 Å². The number of carbonyl (C=O) groups excluding carboxylic acids is 1. The fraction of sp³-hybridized carbons (Fsp3) is 0.444. The molecule has 0 atom stereocenters. The summed E-state index contributed by atoms with van der Waals surface area (Å²) >= 11 is 5.25. The van der Waals surface area contributed by atoms with Crippen molar-refractivity contribution in [1.29, 1.82) is 0 Å². The third kappa shape index (κ3) is 4.53. The van der Waals surface area contributed by atoms with Crippen molar-refractivity contribution in [2.45, 2.75) is 0 Å². The van der Waals surface area contributed by atoms with E-state index < -0.39 is 0 Å². The van der Waals surface area contributed by atoms with Crippen molar-refractivity contribution in [3.63, 3.8) is 0 Å². The first-order valence-corrected chi connectivity index (χ1v) is 10.6. The van der Waals surface area contributed by atoms with Gasteiger partial charge in [-0.1, -0.05) is 27.3 Å². The van der Waals surface area contributed by atoms with Gasteiger partial charge in [-0.25, -0.2) is 4.98 Å². The molecule has 1 saturated heterocycles. The minimum absolute atomic E-state index is 0.214. The Bertz CT molecular complexity index is 848. The molecule has 1 amide bonds. The molecular weight excluding hydrogens is 432 g/mol. The number of nitrogens with one attached hydrogen (secondary N) is 1. The molecule has 0 saturated carbocycles. The van der Waals surface area contributed by atoms with E-state index in [4.69, 9.17) is 14.5 Å². The Labute approximate surface area is 170 Å². The van der Waals surface area contributed by atoms with Crippen LogP contribution < -0.4 is 10.2 Å². The Kier molecular flexibility index (Phi) is 5.80. The molecule has 4 rings (SSSR count). The van der Waals surface area contributed by atoms with Gasteiger partial charge in [0.2, 0.25) is 5.76 Å². The van der Waals surface area contributed by atoms with Crippen molar-refractivity contribution in [3.05, 3.63) is 34.7 Å². The van der Waals surface area contributed by atoms with Gasteiger partial charge in [-0.2, -0.15) is 0 Å². The minimum atomic E-state index is -0.214. The molecule has 0 spiro atoms. The molecule has 144 valence electrons. The van der Waals surface area contributed by atoms with Gasteiger partial charge in [0.05, 0.1) is 10.2 Å². The number of aromatic nitrogens is 1. The highest BCUT2D eigenvalue weighted by Crippen LogP contribution is 2.31. The van der Waals surface area contributed by atoms with E-state index in [1.165, 1.54) is 11.0 Å². The van der Waals surface area contributed by atoms with E-state index in [-0.39, 0.29) is 11.7 Å². The first-order chi connectivity index (χ1) is 13.2. The Morgan fingerprint density at radius 1 is 1.26 bits per heavy atom. The normalized spacial score (nSPS) is 18.0. The zero-order valence-corrected chi connectivity index (χ0v) is 17.2. The summed E-state index contributed by atoms with van der Waals surface area (Å²) in [6, 6.07) is 6.19. The summed E-state index contributed by atoms with van der Waals surface area (Å²) in [6.07, 6.45) is 1.38. The van der Waals surface area contributed by atoms with Gasteiger partial charge >= 0.3 is 0 Å². The summed E-state index contributed by atoms with van der Waals surface area (Å²) in [4.78, 5) is 21.4. The third-order valence-electron chi connectivity index (χ3n) is 4.57. The number of nitrogens with zero attached hydrogens (tertiary/aromatic N) is 3. The van der Waals surface area contributed by atoms with Crippen molar-refractivity contribution in [2.24, 2.45) is 0 Å². The number of rotatable bonds is 5. The average Bonchev–Trinajstić information content (AvgIpc) is 3.12. The van der Waals surface area contributed by atoms with Crippen molar-refractivity contribution in [1.82, 2.24) is 15.2 Å². The van der Waals surface area contributed by atoms with Crippen LogP contribution in [0.3, 0.4) is 0 Å². The van der Waals surface area contributed by atoms with Crippen LogP contribution in [0.15, 0.2) is 34.7 Å². The van der Waals surface area contributed by atoms with E-state index in [1.807, 2.05) is 6.07 Å². The third-order valence-corrected chi connectivity index (χ3v) is 6.14. The molecule has 1 aromatic heterocycles. The largest absolute Gasteiger partial charge is 0.494 e. The molecule has 0 bridgehead atoms. The first-order valence-electron chi connectivity index (χ1n) is 8.95. The second-order valence-corrected chi connectivity index (χ2v) is 8.32. The predicted octanol–water partition coefficient (Wildman–Crippen LogP) is 2.19. The van der Waals surface area contributed by atoms with E-state index in [9.17, 15) is 4.79 Å². The molecule has 0 aliphatic carbocycles. The topological polar surface area (TPSA) is 66.9 Å². The molecular formula is C18H21BrN4O3S. The van der Waals surface area contributed by atoms with Gasteiger partial charge < -0.3 is 19.7 Å². The second kappa shape index (κ2) is 8.45. The van der Waals surface area contributed by atoms with Crippen LogP contribution in [0.25, 0.3) is 10.2 Å². The highest BCUT2D eigenvalue weighted by Gasteiger charge is 2.20. The lowest BCUT2D eigenvalue weighted by Crippen LogP contribution is -2.48. The van der Waals surface area contributed by atoms with E-state index in [1.54, 1.807) is 11.3 Å². The van der Waals surface area contributed by atoms with Crippen LogP contribution in [-0.2, 0) is 14.3 Å². The first kappa shape index (κ1) is 18.5. The molecule has 0 unspecified atom stereocenters. The maximum atomic E-state index is 12.0. The Morgan fingerprint density at radius 2 is 2.11 bits per heavy atom. The maximum absolute atomic E-state index is 12.0. The number of halogens is 1. The summed E-state index contributed by atoms with van der Waals surface area (Å²) in [5.74, 6) is 0.0440. The Balaban J connectivity index is 1.23. The summed E-state index contributed by atoms with van der Waals surface area (Å²) in [6.45, 7) is 6.12. The highest BCUT2D eigenvalue weighted by atomic mass is 79.9. The SMILES string of the molecule is O=C(NCCN1CCN(c2nc3ccc(Br)cc3s2)CC1)C1=COCCO1. The molecule has 9 heteroatoms. The lowest BCUT2D eigenvalue weighted by Gasteiger charge is -2.34. The number of piperazine rings is 1. The monoisotopic (exact) mass is 452 g/mol. The van der Waals surface area contributed by atoms with Gasteiger partial charge in [-0.05, 0) is 18.2 Å². The molecule has 2 aliphatic rings. The zero-order chi connectivity index (χ0) is 18.6. The molecule has 1 fully saturated rings. The van der Waals surface area contributed by atoms with E-state index >= 15 is 0 Å². The molecule has 1 N–H and O–H groups in total. The smallest absolute Gasteiger partial charge is 0.289 e. The van der Waals surface area contributed by atoms with Crippen molar-refractivity contribution in [3.8, 4) is 0 Å². The fourth-order valence-corrected chi connectivity index (χ4v) is 4.66. The van der Waals surface area contributed by atoms with Crippen LogP contribution >= 0.6 is 27.3 Å².